The minimum atomic E-state index is 0.831. The summed E-state index contributed by atoms with van der Waals surface area (Å²) in [4.78, 5) is 2.50. The van der Waals surface area contributed by atoms with Gasteiger partial charge >= 0.3 is 0 Å². The molecular weight excluding hydrogens is 240 g/mol. The van der Waals surface area contributed by atoms with E-state index < -0.39 is 0 Å². The predicted octanol–water partition coefficient (Wildman–Crippen LogP) is 1.89. The lowest BCUT2D eigenvalue weighted by Gasteiger charge is -2.27. The molecule has 0 radical (unpaired) electrons. The van der Waals surface area contributed by atoms with Crippen LogP contribution in [0.2, 0.25) is 0 Å². The van der Waals surface area contributed by atoms with Gasteiger partial charge in [0.15, 0.2) is 11.3 Å². The smallest absolute Gasteiger partial charge is 0.175 e. The number of piperazine rings is 1. The van der Waals surface area contributed by atoms with Gasteiger partial charge in [0.05, 0.1) is 13.4 Å². The molecule has 102 valence electrons. The lowest BCUT2D eigenvalue weighted by molar-refractivity contribution is 0.244. The fourth-order valence-corrected chi connectivity index (χ4v) is 2.63. The van der Waals surface area contributed by atoms with E-state index in [9.17, 15) is 0 Å². The number of furan rings is 1. The third kappa shape index (κ3) is 2.74. The van der Waals surface area contributed by atoms with Gasteiger partial charge in [0, 0.05) is 38.1 Å². The standard InChI is InChI=1S/C15H20N2O2/c1-18-14-11-12(10-13-3-9-19-15(13)14)2-6-17-7-4-16-5-8-17/h3,9-11,16H,2,4-8H2,1H3. The Hall–Kier alpha value is -1.52. The second-order valence-corrected chi connectivity index (χ2v) is 4.98. The quantitative estimate of drug-likeness (QED) is 0.911. The number of rotatable bonds is 4. The molecule has 4 heteroatoms. The average Bonchev–Trinajstić information content (AvgIpc) is 2.93. The van der Waals surface area contributed by atoms with Crippen molar-refractivity contribution in [3.8, 4) is 5.75 Å². The Balaban J connectivity index is 1.73. The van der Waals surface area contributed by atoms with Crippen LogP contribution >= 0.6 is 0 Å². The summed E-state index contributed by atoms with van der Waals surface area (Å²) in [6.07, 6.45) is 2.77. The fraction of sp³-hybridized carbons (Fsp3) is 0.467. The van der Waals surface area contributed by atoms with Gasteiger partial charge in [-0.15, -0.1) is 0 Å². The molecule has 0 amide bonds. The monoisotopic (exact) mass is 260 g/mol. The van der Waals surface area contributed by atoms with Crippen molar-refractivity contribution in [3.05, 3.63) is 30.0 Å². The zero-order valence-corrected chi connectivity index (χ0v) is 11.3. The number of nitrogens with one attached hydrogen (secondary N) is 1. The molecule has 0 spiro atoms. The lowest BCUT2D eigenvalue weighted by atomic mass is 10.1. The SMILES string of the molecule is COc1cc(CCN2CCNCC2)cc2ccoc12. The van der Waals surface area contributed by atoms with E-state index >= 15 is 0 Å². The lowest BCUT2D eigenvalue weighted by Crippen LogP contribution is -2.44. The molecule has 1 saturated heterocycles. The largest absolute Gasteiger partial charge is 0.493 e. The van der Waals surface area contributed by atoms with Crippen LogP contribution in [0.3, 0.4) is 0 Å². The molecule has 1 aliphatic heterocycles. The zero-order chi connectivity index (χ0) is 13.1. The van der Waals surface area contributed by atoms with Gasteiger partial charge in [0.2, 0.25) is 0 Å². The maximum atomic E-state index is 5.45. The molecule has 0 unspecified atom stereocenters. The van der Waals surface area contributed by atoms with Gasteiger partial charge in [-0.3, -0.25) is 0 Å². The highest BCUT2D eigenvalue weighted by atomic mass is 16.5. The number of methoxy groups -OCH3 is 1. The van der Waals surface area contributed by atoms with Gasteiger partial charge in [-0.1, -0.05) is 0 Å². The van der Waals surface area contributed by atoms with Crippen molar-refractivity contribution in [2.45, 2.75) is 6.42 Å². The van der Waals surface area contributed by atoms with Gasteiger partial charge in [0.1, 0.15) is 0 Å². The molecular formula is C15H20N2O2. The van der Waals surface area contributed by atoms with Gasteiger partial charge in [-0.2, -0.15) is 0 Å². The molecule has 3 rings (SSSR count). The predicted molar refractivity (Wildman–Crippen MR) is 75.8 cm³/mol. The van der Waals surface area contributed by atoms with Crippen LogP contribution in [0.5, 0.6) is 5.75 Å². The maximum absolute atomic E-state index is 5.45. The number of benzene rings is 1. The van der Waals surface area contributed by atoms with Crippen molar-refractivity contribution in [2.75, 3.05) is 39.8 Å². The molecule has 1 fully saturated rings. The highest BCUT2D eigenvalue weighted by Gasteiger charge is 2.11. The second-order valence-electron chi connectivity index (χ2n) is 4.98. The van der Waals surface area contributed by atoms with Gasteiger partial charge in [-0.25, -0.2) is 0 Å². The molecule has 1 aromatic carbocycles. The van der Waals surface area contributed by atoms with Crippen molar-refractivity contribution >= 4 is 11.0 Å². The van der Waals surface area contributed by atoms with Gasteiger partial charge in [-0.05, 0) is 30.2 Å². The minimum absolute atomic E-state index is 0.831. The summed E-state index contributed by atoms with van der Waals surface area (Å²) in [7, 11) is 1.69. The second kappa shape index (κ2) is 5.63. The first kappa shape index (κ1) is 12.5. The summed E-state index contributed by atoms with van der Waals surface area (Å²) >= 11 is 0. The summed E-state index contributed by atoms with van der Waals surface area (Å²) in [5.41, 5.74) is 2.15. The molecule has 4 nitrogen and oxygen atoms in total. The molecule has 1 aliphatic rings. The third-order valence-corrected chi connectivity index (χ3v) is 3.72. The number of hydrogen-bond donors (Lipinski definition) is 1. The summed E-state index contributed by atoms with van der Waals surface area (Å²) in [6.45, 7) is 5.60. The van der Waals surface area contributed by atoms with Crippen LogP contribution in [-0.2, 0) is 6.42 Å². The first-order valence-corrected chi connectivity index (χ1v) is 6.84. The molecule has 0 atom stereocenters. The van der Waals surface area contributed by atoms with Crippen LogP contribution < -0.4 is 10.1 Å². The first-order chi connectivity index (χ1) is 9.36. The number of nitrogens with zero attached hydrogens (tertiary/aromatic N) is 1. The van der Waals surface area contributed by atoms with E-state index in [1.807, 2.05) is 6.07 Å². The molecule has 0 aliphatic carbocycles. The summed E-state index contributed by atoms with van der Waals surface area (Å²) in [5, 5.41) is 4.50. The highest BCUT2D eigenvalue weighted by molar-refractivity contribution is 5.83. The Morgan fingerprint density at radius 2 is 2.16 bits per heavy atom. The van der Waals surface area contributed by atoms with E-state index in [4.69, 9.17) is 9.15 Å². The van der Waals surface area contributed by atoms with Crippen molar-refractivity contribution < 1.29 is 9.15 Å². The Morgan fingerprint density at radius 3 is 2.95 bits per heavy atom. The minimum Gasteiger partial charge on any atom is -0.493 e. The Morgan fingerprint density at radius 1 is 1.32 bits per heavy atom. The van der Waals surface area contributed by atoms with E-state index in [1.165, 1.54) is 5.56 Å². The Kier molecular flexibility index (Phi) is 3.71. The summed E-state index contributed by atoms with van der Waals surface area (Å²) in [5.74, 6) is 0.831. The van der Waals surface area contributed by atoms with Crippen molar-refractivity contribution in [1.82, 2.24) is 10.2 Å². The average molecular weight is 260 g/mol. The summed E-state index contributed by atoms with van der Waals surface area (Å²) in [6, 6.07) is 6.28. The molecule has 19 heavy (non-hydrogen) atoms. The third-order valence-electron chi connectivity index (χ3n) is 3.72. The van der Waals surface area contributed by atoms with E-state index in [0.29, 0.717) is 0 Å². The number of ether oxygens (including phenoxy) is 1. The normalized spacial score (nSPS) is 16.9. The Labute approximate surface area is 113 Å². The molecule has 0 saturated carbocycles. The zero-order valence-electron chi connectivity index (χ0n) is 11.3. The molecule has 2 aromatic rings. The maximum Gasteiger partial charge on any atom is 0.175 e. The van der Waals surface area contributed by atoms with Crippen molar-refractivity contribution in [2.24, 2.45) is 0 Å². The highest BCUT2D eigenvalue weighted by Crippen LogP contribution is 2.28. The van der Waals surface area contributed by atoms with E-state index in [-0.39, 0.29) is 0 Å². The van der Waals surface area contributed by atoms with E-state index in [2.05, 4.69) is 22.3 Å². The van der Waals surface area contributed by atoms with Crippen LogP contribution in [0.1, 0.15) is 5.56 Å². The number of hydrogen-bond acceptors (Lipinski definition) is 4. The van der Waals surface area contributed by atoms with E-state index in [1.54, 1.807) is 13.4 Å². The van der Waals surface area contributed by atoms with Crippen LogP contribution in [0, 0.1) is 0 Å². The molecule has 2 heterocycles. The molecule has 1 aromatic heterocycles. The Bertz CT molecular complexity index is 544. The van der Waals surface area contributed by atoms with Crippen LogP contribution in [-0.4, -0.2) is 44.7 Å². The number of fused-ring (bicyclic) bond motifs is 1. The molecule has 1 N–H and O–H groups in total. The van der Waals surface area contributed by atoms with Crippen molar-refractivity contribution in [3.63, 3.8) is 0 Å². The van der Waals surface area contributed by atoms with Crippen molar-refractivity contribution in [1.29, 1.82) is 0 Å². The topological polar surface area (TPSA) is 37.6 Å². The van der Waals surface area contributed by atoms with Gasteiger partial charge < -0.3 is 19.4 Å². The first-order valence-electron chi connectivity index (χ1n) is 6.84. The van der Waals surface area contributed by atoms with Crippen LogP contribution in [0.15, 0.2) is 28.9 Å². The summed E-state index contributed by atoms with van der Waals surface area (Å²) < 4.78 is 10.8. The van der Waals surface area contributed by atoms with E-state index in [0.717, 1.165) is 55.9 Å². The van der Waals surface area contributed by atoms with Gasteiger partial charge in [0.25, 0.3) is 0 Å². The van der Waals surface area contributed by atoms with Crippen LogP contribution in [0.25, 0.3) is 11.0 Å². The fourth-order valence-electron chi connectivity index (χ4n) is 2.63. The van der Waals surface area contributed by atoms with Crippen LogP contribution in [0.4, 0.5) is 0 Å². The molecule has 0 bridgehead atoms.